The molecule has 3 nitrogen and oxygen atoms in total. The Bertz CT molecular complexity index is 310. The number of nitriles is 1. The second-order valence-corrected chi connectivity index (χ2v) is 6.66. The zero-order valence-corrected chi connectivity index (χ0v) is 13.9. The van der Waals surface area contributed by atoms with Gasteiger partial charge < -0.3 is 4.90 Å². The van der Waals surface area contributed by atoms with Crippen molar-refractivity contribution in [3.8, 4) is 6.07 Å². The SMILES string of the molecule is CCCNC(C)(C#N)CC(C)N1CCCC(CC)CC1. The lowest BCUT2D eigenvalue weighted by Crippen LogP contribution is -2.47. The lowest BCUT2D eigenvalue weighted by molar-refractivity contribution is 0.180. The van der Waals surface area contributed by atoms with Crippen molar-refractivity contribution in [1.29, 1.82) is 5.26 Å². The molecule has 0 bridgehead atoms. The average molecular weight is 279 g/mol. The summed E-state index contributed by atoms with van der Waals surface area (Å²) in [5, 5.41) is 12.9. The predicted molar refractivity (Wildman–Crippen MR) is 85.6 cm³/mol. The molecule has 3 atom stereocenters. The van der Waals surface area contributed by atoms with E-state index >= 15 is 0 Å². The van der Waals surface area contributed by atoms with Crippen LogP contribution in [0.15, 0.2) is 0 Å². The summed E-state index contributed by atoms with van der Waals surface area (Å²) in [7, 11) is 0. The Morgan fingerprint density at radius 1 is 1.35 bits per heavy atom. The van der Waals surface area contributed by atoms with Crippen molar-refractivity contribution >= 4 is 0 Å². The van der Waals surface area contributed by atoms with Crippen LogP contribution in [-0.4, -0.2) is 36.1 Å². The van der Waals surface area contributed by atoms with Crippen molar-refractivity contribution in [1.82, 2.24) is 10.2 Å². The minimum absolute atomic E-state index is 0.383. The van der Waals surface area contributed by atoms with Crippen LogP contribution in [0, 0.1) is 17.2 Å². The Morgan fingerprint density at radius 3 is 2.70 bits per heavy atom. The fraction of sp³-hybridized carbons (Fsp3) is 0.941. The first-order valence-corrected chi connectivity index (χ1v) is 8.45. The van der Waals surface area contributed by atoms with Gasteiger partial charge in [-0.1, -0.05) is 20.3 Å². The van der Waals surface area contributed by atoms with E-state index in [1.54, 1.807) is 0 Å². The molecular weight excluding hydrogens is 246 g/mol. The van der Waals surface area contributed by atoms with E-state index in [9.17, 15) is 5.26 Å². The molecule has 1 heterocycles. The molecule has 0 amide bonds. The zero-order valence-electron chi connectivity index (χ0n) is 13.9. The zero-order chi connectivity index (χ0) is 15.0. The molecule has 1 rings (SSSR count). The molecule has 0 aliphatic carbocycles. The molecule has 1 N–H and O–H groups in total. The van der Waals surface area contributed by atoms with Crippen molar-refractivity contribution in [2.75, 3.05) is 19.6 Å². The fourth-order valence-corrected chi connectivity index (χ4v) is 3.31. The third-order valence-corrected chi connectivity index (χ3v) is 4.80. The summed E-state index contributed by atoms with van der Waals surface area (Å²) in [5.41, 5.74) is -0.383. The van der Waals surface area contributed by atoms with E-state index in [4.69, 9.17) is 0 Å². The van der Waals surface area contributed by atoms with Gasteiger partial charge in [0.25, 0.3) is 0 Å². The summed E-state index contributed by atoms with van der Waals surface area (Å²) >= 11 is 0. The number of rotatable bonds is 7. The van der Waals surface area contributed by atoms with E-state index in [1.807, 2.05) is 6.92 Å². The molecule has 0 saturated carbocycles. The second-order valence-electron chi connectivity index (χ2n) is 6.66. The van der Waals surface area contributed by atoms with Gasteiger partial charge in [-0.2, -0.15) is 5.26 Å². The van der Waals surface area contributed by atoms with Crippen LogP contribution in [0.3, 0.4) is 0 Å². The van der Waals surface area contributed by atoms with E-state index in [2.05, 4.69) is 37.1 Å². The van der Waals surface area contributed by atoms with Crippen LogP contribution in [0.5, 0.6) is 0 Å². The Balaban J connectivity index is 2.52. The van der Waals surface area contributed by atoms with Gasteiger partial charge in [0, 0.05) is 6.04 Å². The van der Waals surface area contributed by atoms with Crippen molar-refractivity contribution < 1.29 is 0 Å². The standard InChI is InChI=1S/C17H33N3/c1-5-10-19-17(4,14-18)13-15(3)20-11-7-8-16(6-2)9-12-20/h15-16,19H,5-13H2,1-4H3. The smallest absolute Gasteiger partial charge is 0.105 e. The highest BCUT2D eigenvalue weighted by Gasteiger charge is 2.29. The number of likely N-dealkylation sites (tertiary alicyclic amines) is 1. The van der Waals surface area contributed by atoms with Crippen LogP contribution < -0.4 is 5.32 Å². The quantitative estimate of drug-likeness (QED) is 0.774. The first-order valence-electron chi connectivity index (χ1n) is 8.45. The van der Waals surface area contributed by atoms with E-state index in [-0.39, 0.29) is 5.54 Å². The van der Waals surface area contributed by atoms with Gasteiger partial charge in [-0.25, -0.2) is 0 Å². The summed E-state index contributed by atoms with van der Waals surface area (Å²) in [6.07, 6.45) is 7.33. The summed E-state index contributed by atoms with van der Waals surface area (Å²) in [5.74, 6) is 0.910. The van der Waals surface area contributed by atoms with Crippen LogP contribution in [0.4, 0.5) is 0 Å². The monoisotopic (exact) mass is 279 g/mol. The lowest BCUT2D eigenvalue weighted by atomic mass is 9.94. The molecule has 1 saturated heterocycles. The minimum Gasteiger partial charge on any atom is -0.301 e. The maximum atomic E-state index is 9.46. The molecule has 116 valence electrons. The van der Waals surface area contributed by atoms with Crippen LogP contribution in [-0.2, 0) is 0 Å². The maximum Gasteiger partial charge on any atom is 0.105 e. The molecule has 1 aliphatic heterocycles. The number of nitrogens with one attached hydrogen (secondary N) is 1. The second kappa shape index (κ2) is 8.64. The third-order valence-electron chi connectivity index (χ3n) is 4.80. The first-order chi connectivity index (χ1) is 9.54. The first kappa shape index (κ1) is 17.5. The molecular formula is C17H33N3. The van der Waals surface area contributed by atoms with E-state index in [1.165, 1.54) is 38.8 Å². The Hall–Kier alpha value is -0.590. The largest absolute Gasteiger partial charge is 0.301 e. The van der Waals surface area contributed by atoms with Crippen molar-refractivity contribution in [3.63, 3.8) is 0 Å². The Kier molecular flexibility index (Phi) is 7.55. The molecule has 0 aromatic carbocycles. The van der Waals surface area contributed by atoms with Gasteiger partial charge in [-0.05, 0) is 71.5 Å². The summed E-state index contributed by atoms with van der Waals surface area (Å²) in [6.45, 7) is 12.1. The molecule has 1 fully saturated rings. The minimum atomic E-state index is -0.383. The third kappa shape index (κ3) is 5.42. The molecule has 0 spiro atoms. The van der Waals surface area contributed by atoms with Crippen molar-refractivity contribution in [2.45, 2.75) is 77.8 Å². The molecule has 0 aromatic rings. The molecule has 3 heteroatoms. The van der Waals surface area contributed by atoms with Crippen molar-refractivity contribution in [3.05, 3.63) is 0 Å². The Morgan fingerprint density at radius 2 is 2.10 bits per heavy atom. The number of hydrogen-bond donors (Lipinski definition) is 1. The molecule has 0 aromatic heterocycles. The highest BCUT2D eigenvalue weighted by atomic mass is 15.2. The van der Waals surface area contributed by atoms with Gasteiger partial charge in [0.05, 0.1) is 6.07 Å². The van der Waals surface area contributed by atoms with Crippen molar-refractivity contribution in [2.24, 2.45) is 5.92 Å². The molecule has 3 unspecified atom stereocenters. The lowest BCUT2D eigenvalue weighted by Gasteiger charge is -2.33. The Labute approximate surface area is 125 Å². The summed E-state index contributed by atoms with van der Waals surface area (Å²) < 4.78 is 0. The molecule has 20 heavy (non-hydrogen) atoms. The van der Waals surface area contributed by atoms with Crippen LogP contribution in [0.1, 0.15) is 66.2 Å². The molecule has 1 aliphatic rings. The van der Waals surface area contributed by atoms with E-state index < -0.39 is 0 Å². The molecule has 0 radical (unpaired) electrons. The summed E-state index contributed by atoms with van der Waals surface area (Å²) in [6, 6.07) is 2.97. The van der Waals surface area contributed by atoms with E-state index in [0.29, 0.717) is 6.04 Å². The van der Waals surface area contributed by atoms with Gasteiger partial charge >= 0.3 is 0 Å². The topological polar surface area (TPSA) is 39.1 Å². The van der Waals surface area contributed by atoms with Crippen LogP contribution >= 0.6 is 0 Å². The van der Waals surface area contributed by atoms with Gasteiger partial charge in [-0.15, -0.1) is 0 Å². The van der Waals surface area contributed by atoms with Gasteiger partial charge in [0.15, 0.2) is 0 Å². The fourth-order valence-electron chi connectivity index (χ4n) is 3.31. The predicted octanol–water partition coefficient (Wildman–Crippen LogP) is 3.56. The normalized spacial score (nSPS) is 25.4. The van der Waals surface area contributed by atoms with Gasteiger partial charge in [0.1, 0.15) is 5.54 Å². The summed E-state index contributed by atoms with van der Waals surface area (Å²) in [4.78, 5) is 2.60. The number of hydrogen-bond acceptors (Lipinski definition) is 3. The highest BCUT2D eigenvalue weighted by molar-refractivity contribution is 5.05. The number of nitrogens with zero attached hydrogens (tertiary/aromatic N) is 2. The maximum absolute atomic E-state index is 9.46. The van der Waals surface area contributed by atoms with Crippen LogP contribution in [0.25, 0.3) is 0 Å². The van der Waals surface area contributed by atoms with Gasteiger partial charge in [-0.3, -0.25) is 5.32 Å². The van der Waals surface area contributed by atoms with E-state index in [0.717, 1.165) is 25.3 Å². The van der Waals surface area contributed by atoms with Crippen LogP contribution in [0.2, 0.25) is 0 Å². The highest BCUT2D eigenvalue weighted by Crippen LogP contribution is 2.24. The average Bonchev–Trinajstić information content (AvgIpc) is 2.70. The van der Waals surface area contributed by atoms with Gasteiger partial charge in [0.2, 0.25) is 0 Å².